The van der Waals surface area contributed by atoms with Crippen LogP contribution in [0.25, 0.3) is 0 Å². The lowest BCUT2D eigenvalue weighted by molar-refractivity contribution is -0.144. The van der Waals surface area contributed by atoms with Crippen LogP contribution in [0.1, 0.15) is 38.5 Å². The van der Waals surface area contributed by atoms with Crippen molar-refractivity contribution in [2.24, 2.45) is 11.3 Å². The van der Waals surface area contributed by atoms with Gasteiger partial charge in [-0.2, -0.15) is 0 Å². The highest BCUT2D eigenvalue weighted by Crippen LogP contribution is 2.40. The number of amides is 2. The molecule has 1 N–H and O–H groups in total. The van der Waals surface area contributed by atoms with Crippen molar-refractivity contribution in [3.63, 3.8) is 0 Å². The molecule has 1 spiro atoms. The zero-order chi connectivity index (χ0) is 14.2. The van der Waals surface area contributed by atoms with Crippen LogP contribution in [0.3, 0.4) is 0 Å². The van der Waals surface area contributed by atoms with Gasteiger partial charge in [-0.3, -0.25) is 9.59 Å². The third-order valence-corrected chi connectivity index (χ3v) is 5.07. The number of rotatable bonds is 3. The van der Waals surface area contributed by atoms with Crippen LogP contribution in [0.2, 0.25) is 0 Å². The Labute approximate surface area is 119 Å². The number of nitrogens with zero attached hydrogens (tertiary/aromatic N) is 2. The van der Waals surface area contributed by atoms with Crippen LogP contribution in [0.5, 0.6) is 0 Å². The van der Waals surface area contributed by atoms with E-state index in [0.29, 0.717) is 18.9 Å². The third-order valence-electron chi connectivity index (χ3n) is 5.07. The average molecular weight is 280 g/mol. The highest BCUT2D eigenvalue weighted by atomic mass is 16.3. The molecule has 0 aromatic rings. The molecule has 5 heteroatoms. The quantitative estimate of drug-likeness (QED) is 0.824. The Morgan fingerprint density at radius 1 is 1.30 bits per heavy atom. The number of aliphatic hydroxyl groups excluding tert-OH is 1. The van der Waals surface area contributed by atoms with Gasteiger partial charge in [0.15, 0.2) is 0 Å². The summed E-state index contributed by atoms with van der Waals surface area (Å²) in [6.07, 6.45) is 6.10. The zero-order valence-corrected chi connectivity index (χ0v) is 12.0. The highest BCUT2D eigenvalue weighted by Gasteiger charge is 2.43. The summed E-state index contributed by atoms with van der Waals surface area (Å²) in [6, 6.07) is 0. The molecule has 0 unspecified atom stereocenters. The van der Waals surface area contributed by atoms with Crippen molar-refractivity contribution in [1.29, 1.82) is 0 Å². The molecule has 2 heterocycles. The predicted molar refractivity (Wildman–Crippen MR) is 73.9 cm³/mol. The lowest BCUT2D eigenvalue weighted by Gasteiger charge is -2.48. The smallest absolute Gasteiger partial charge is 0.248 e. The van der Waals surface area contributed by atoms with Crippen molar-refractivity contribution < 1.29 is 14.7 Å². The second-order valence-corrected chi connectivity index (χ2v) is 6.79. The van der Waals surface area contributed by atoms with Gasteiger partial charge in [0.25, 0.3) is 0 Å². The van der Waals surface area contributed by atoms with Gasteiger partial charge in [-0.05, 0) is 38.0 Å². The number of likely N-dealkylation sites (tertiary alicyclic amines) is 2. The maximum atomic E-state index is 12.1. The minimum atomic E-state index is -0.402. The first kappa shape index (κ1) is 13.9. The monoisotopic (exact) mass is 280 g/mol. The Morgan fingerprint density at radius 3 is 2.80 bits per heavy atom. The van der Waals surface area contributed by atoms with Crippen LogP contribution in [0.4, 0.5) is 0 Å². The van der Waals surface area contributed by atoms with Gasteiger partial charge in [0.05, 0.1) is 0 Å². The number of aliphatic hydroxyl groups is 1. The molecule has 1 aliphatic carbocycles. The first-order valence-corrected chi connectivity index (χ1v) is 7.78. The number of carbonyl (C=O) groups excluding carboxylic acids is 2. The SMILES string of the molecule is O=C(CO)N1CCC[C@]2(CCC(=O)N(CC3CC3)C2)C1. The summed E-state index contributed by atoms with van der Waals surface area (Å²) in [5.74, 6) is 0.829. The molecule has 3 fully saturated rings. The fraction of sp³-hybridized carbons (Fsp3) is 0.867. The topological polar surface area (TPSA) is 60.9 Å². The van der Waals surface area contributed by atoms with Crippen molar-refractivity contribution in [2.75, 3.05) is 32.8 Å². The van der Waals surface area contributed by atoms with E-state index in [0.717, 1.165) is 38.9 Å². The molecule has 112 valence electrons. The number of hydrogen-bond acceptors (Lipinski definition) is 3. The highest BCUT2D eigenvalue weighted by molar-refractivity contribution is 5.78. The molecule has 3 rings (SSSR count). The Balaban J connectivity index is 1.67. The van der Waals surface area contributed by atoms with Gasteiger partial charge in [-0.1, -0.05) is 0 Å². The van der Waals surface area contributed by atoms with E-state index < -0.39 is 6.61 Å². The minimum absolute atomic E-state index is 0.0753. The summed E-state index contributed by atoms with van der Waals surface area (Å²) in [6.45, 7) is 2.77. The van der Waals surface area contributed by atoms with E-state index in [9.17, 15) is 9.59 Å². The molecule has 0 aromatic heterocycles. The second-order valence-electron chi connectivity index (χ2n) is 6.79. The van der Waals surface area contributed by atoms with Crippen LogP contribution in [0, 0.1) is 11.3 Å². The minimum Gasteiger partial charge on any atom is -0.387 e. The Hall–Kier alpha value is -1.10. The first-order chi connectivity index (χ1) is 9.62. The molecule has 5 nitrogen and oxygen atoms in total. The summed E-state index contributed by atoms with van der Waals surface area (Å²) >= 11 is 0. The maximum Gasteiger partial charge on any atom is 0.248 e. The number of piperidine rings is 2. The summed E-state index contributed by atoms with van der Waals surface area (Å²) in [5.41, 5.74) is 0.0753. The van der Waals surface area contributed by atoms with Gasteiger partial charge >= 0.3 is 0 Å². The van der Waals surface area contributed by atoms with Crippen LogP contribution in [-0.4, -0.2) is 59.5 Å². The second kappa shape index (κ2) is 5.35. The van der Waals surface area contributed by atoms with Crippen LogP contribution in [0.15, 0.2) is 0 Å². The normalized spacial score (nSPS) is 30.9. The Morgan fingerprint density at radius 2 is 2.10 bits per heavy atom. The van der Waals surface area contributed by atoms with Crippen molar-refractivity contribution in [2.45, 2.75) is 38.5 Å². The standard InChI is InChI=1S/C15H24N2O3/c18-9-14(20)16-7-1-5-15(10-16)6-4-13(19)17(11-15)8-12-2-3-12/h12,18H,1-11H2/t15-/m0/s1. The van der Waals surface area contributed by atoms with E-state index in [4.69, 9.17) is 5.11 Å². The Kier molecular flexibility index (Phi) is 3.71. The van der Waals surface area contributed by atoms with Crippen LogP contribution < -0.4 is 0 Å². The molecular weight excluding hydrogens is 256 g/mol. The summed E-state index contributed by atoms with van der Waals surface area (Å²) in [7, 11) is 0. The van der Waals surface area contributed by atoms with Crippen LogP contribution in [-0.2, 0) is 9.59 Å². The molecule has 0 radical (unpaired) electrons. The first-order valence-electron chi connectivity index (χ1n) is 7.78. The fourth-order valence-electron chi connectivity index (χ4n) is 3.73. The van der Waals surface area contributed by atoms with E-state index in [1.165, 1.54) is 12.8 Å². The lowest BCUT2D eigenvalue weighted by atomic mass is 9.73. The molecule has 2 aliphatic heterocycles. The third kappa shape index (κ3) is 2.82. The van der Waals surface area contributed by atoms with Gasteiger partial charge in [0, 0.05) is 38.0 Å². The van der Waals surface area contributed by atoms with E-state index in [2.05, 4.69) is 0 Å². The van der Waals surface area contributed by atoms with E-state index in [1.807, 2.05) is 4.90 Å². The van der Waals surface area contributed by atoms with Crippen molar-refractivity contribution in [3.8, 4) is 0 Å². The van der Waals surface area contributed by atoms with Gasteiger partial charge in [-0.25, -0.2) is 0 Å². The van der Waals surface area contributed by atoms with Crippen LogP contribution >= 0.6 is 0 Å². The number of carbonyl (C=O) groups is 2. The summed E-state index contributed by atoms with van der Waals surface area (Å²) < 4.78 is 0. The summed E-state index contributed by atoms with van der Waals surface area (Å²) in [4.78, 5) is 27.6. The Bertz CT molecular complexity index is 408. The van der Waals surface area contributed by atoms with E-state index >= 15 is 0 Å². The van der Waals surface area contributed by atoms with Gasteiger partial charge < -0.3 is 14.9 Å². The maximum absolute atomic E-state index is 12.1. The van der Waals surface area contributed by atoms with Gasteiger partial charge in [0.2, 0.25) is 11.8 Å². The molecule has 20 heavy (non-hydrogen) atoms. The zero-order valence-electron chi connectivity index (χ0n) is 12.0. The molecule has 3 aliphatic rings. The van der Waals surface area contributed by atoms with Crippen molar-refractivity contribution >= 4 is 11.8 Å². The largest absolute Gasteiger partial charge is 0.387 e. The molecule has 1 atom stereocenters. The number of hydrogen-bond donors (Lipinski definition) is 1. The fourth-order valence-corrected chi connectivity index (χ4v) is 3.73. The van der Waals surface area contributed by atoms with E-state index in [-0.39, 0.29) is 17.2 Å². The molecule has 2 saturated heterocycles. The van der Waals surface area contributed by atoms with Crippen molar-refractivity contribution in [1.82, 2.24) is 9.80 Å². The molecule has 1 saturated carbocycles. The molecule has 0 bridgehead atoms. The lowest BCUT2D eigenvalue weighted by Crippen LogP contribution is -2.55. The average Bonchev–Trinajstić information content (AvgIpc) is 3.26. The summed E-state index contributed by atoms with van der Waals surface area (Å²) in [5, 5.41) is 9.04. The van der Waals surface area contributed by atoms with Crippen molar-refractivity contribution in [3.05, 3.63) is 0 Å². The molecule has 0 aromatic carbocycles. The van der Waals surface area contributed by atoms with Gasteiger partial charge in [0.1, 0.15) is 6.61 Å². The predicted octanol–water partition coefficient (Wildman–Crippen LogP) is 0.620. The molecular formula is C15H24N2O3. The van der Waals surface area contributed by atoms with E-state index in [1.54, 1.807) is 4.90 Å². The van der Waals surface area contributed by atoms with Gasteiger partial charge in [-0.15, -0.1) is 0 Å². The molecule has 2 amide bonds.